The van der Waals surface area contributed by atoms with E-state index >= 15 is 0 Å². The molecule has 1 fully saturated rings. The summed E-state index contributed by atoms with van der Waals surface area (Å²) in [5.41, 5.74) is 2.68. The molecule has 0 aromatic rings. The van der Waals surface area contributed by atoms with Crippen LogP contribution in [0.2, 0.25) is 0 Å². The number of hydrazine groups is 1. The first-order valence-electron chi connectivity index (χ1n) is 4.01. The lowest BCUT2D eigenvalue weighted by atomic mass is 10.4. The van der Waals surface area contributed by atoms with E-state index < -0.39 is 0 Å². The summed E-state index contributed by atoms with van der Waals surface area (Å²) < 4.78 is 5.12. The standard InChI is InChI=1S/C7H15N3O2/c1-9(2)8-7(11)10-3-5-12-6-4-10/h3-6H2,1-2H3,(H,8,11). The van der Waals surface area contributed by atoms with E-state index in [2.05, 4.69) is 5.43 Å². The molecular weight excluding hydrogens is 158 g/mol. The molecule has 0 unspecified atom stereocenters. The maximum atomic E-state index is 11.3. The number of carbonyl (C=O) groups excluding carboxylic acids is 1. The molecule has 0 aliphatic carbocycles. The molecule has 5 nitrogen and oxygen atoms in total. The summed E-state index contributed by atoms with van der Waals surface area (Å²) in [5, 5.41) is 1.64. The number of nitrogens with one attached hydrogen (secondary N) is 1. The minimum Gasteiger partial charge on any atom is -0.378 e. The van der Waals surface area contributed by atoms with Crippen LogP contribution in [0, 0.1) is 0 Å². The van der Waals surface area contributed by atoms with Gasteiger partial charge in [-0.2, -0.15) is 0 Å². The fourth-order valence-electron chi connectivity index (χ4n) is 1.03. The van der Waals surface area contributed by atoms with E-state index in [9.17, 15) is 4.79 Å². The number of hydrogen-bond acceptors (Lipinski definition) is 3. The Bertz CT molecular complexity index is 155. The van der Waals surface area contributed by atoms with Crippen LogP contribution in [0.25, 0.3) is 0 Å². The molecule has 1 aliphatic heterocycles. The molecule has 1 N–H and O–H groups in total. The number of nitrogens with zero attached hydrogens (tertiary/aromatic N) is 2. The molecule has 1 heterocycles. The van der Waals surface area contributed by atoms with Crippen molar-refractivity contribution >= 4 is 6.03 Å². The fraction of sp³-hybridized carbons (Fsp3) is 0.857. The van der Waals surface area contributed by atoms with Crippen LogP contribution in [-0.2, 0) is 4.74 Å². The zero-order chi connectivity index (χ0) is 8.97. The molecule has 1 rings (SSSR count). The first-order chi connectivity index (χ1) is 5.70. The Morgan fingerprint density at radius 1 is 1.42 bits per heavy atom. The molecule has 2 amide bonds. The molecule has 1 aliphatic rings. The zero-order valence-corrected chi connectivity index (χ0v) is 7.54. The van der Waals surface area contributed by atoms with Crippen molar-refractivity contribution < 1.29 is 9.53 Å². The third-order valence-corrected chi connectivity index (χ3v) is 1.62. The van der Waals surface area contributed by atoms with Crippen LogP contribution in [0.15, 0.2) is 0 Å². The van der Waals surface area contributed by atoms with Gasteiger partial charge >= 0.3 is 6.03 Å². The van der Waals surface area contributed by atoms with Crippen molar-refractivity contribution in [1.82, 2.24) is 15.3 Å². The minimum atomic E-state index is -0.0525. The van der Waals surface area contributed by atoms with E-state index in [1.54, 1.807) is 24.0 Å². The van der Waals surface area contributed by atoms with Crippen LogP contribution in [0.3, 0.4) is 0 Å². The molecule has 0 spiro atoms. The van der Waals surface area contributed by atoms with Crippen LogP contribution in [0.4, 0.5) is 4.79 Å². The lowest BCUT2D eigenvalue weighted by molar-refractivity contribution is 0.0489. The Hall–Kier alpha value is -0.810. The van der Waals surface area contributed by atoms with Gasteiger partial charge in [0.05, 0.1) is 13.2 Å². The number of urea groups is 1. The van der Waals surface area contributed by atoms with Crippen molar-refractivity contribution in [3.05, 3.63) is 0 Å². The highest BCUT2D eigenvalue weighted by atomic mass is 16.5. The average molecular weight is 173 g/mol. The molecule has 0 aromatic carbocycles. The summed E-state index contributed by atoms with van der Waals surface area (Å²) in [6, 6.07) is -0.0525. The van der Waals surface area contributed by atoms with Crippen molar-refractivity contribution in [3.63, 3.8) is 0 Å². The zero-order valence-electron chi connectivity index (χ0n) is 7.54. The quantitative estimate of drug-likeness (QED) is 0.544. The molecule has 12 heavy (non-hydrogen) atoms. The normalized spacial score (nSPS) is 18.1. The van der Waals surface area contributed by atoms with E-state index in [1.165, 1.54) is 0 Å². The Balaban J connectivity index is 2.30. The van der Waals surface area contributed by atoms with Gasteiger partial charge in [0.1, 0.15) is 0 Å². The van der Waals surface area contributed by atoms with Gasteiger partial charge in [0, 0.05) is 27.2 Å². The van der Waals surface area contributed by atoms with Crippen molar-refractivity contribution in [3.8, 4) is 0 Å². The van der Waals surface area contributed by atoms with Crippen LogP contribution in [0.1, 0.15) is 0 Å². The molecule has 0 radical (unpaired) electrons. The lowest BCUT2D eigenvalue weighted by Gasteiger charge is -2.28. The Labute approximate surface area is 72.2 Å². The van der Waals surface area contributed by atoms with Gasteiger partial charge in [0.2, 0.25) is 0 Å². The highest BCUT2D eigenvalue weighted by Gasteiger charge is 2.16. The Kier molecular flexibility index (Phi) is 3.31. The maximum absolute atomic E-state index is 11.3. The van der Waals surface area contributed by atoms with Crippen LogP contribution in [-0.4, -0.2) is 56.3 Å². The molecule has 70 valence electrons. The van der Waals surface area contributed by atoms with Crippen molar-refractivity contribution in [1.29, 1.82) is 0 Å². The molecule has 0 saturated carbocycles. The van der Waals surface area contributed by atoms with Gasteiger partial charge in [0.15, 0.2) is 0 Å². The highest BCUT2D eigenvalue weighted by Crippen LogP contribution is 1.96. The van der Waals surface area contributed by atoms with E-state index in [1.807, 2.05) is 0 Å². The summed E-state index contributed by atoms with van der Waals surface area (Å²) in [4.78, 5) is 13.1. The van der Waals surface area contributed by atoms with E-state index in [4.69, 9.17) is 4.74 Å². The fourth-order valence-corrected chi connectivity index (χ4v) is 1.03. The van der Waals surface area contributed by atoms with Crippen molar-refractivity contribution in [2.45, 2.75) is 0 Å². The third-order valence-electron chi connectivity index (χ3n) is 1.62. The van der Waals surface area contributed by atoms with Gasteiger partial charge in [0.25, 0.3) is 0 Å². The predicted molar refractivity (Wildman–Crippen MR) is 44.6 cm³/mol. The summed E-state index contributed by atoms with van der Waals surface area (Å²) >= 11 is 0. The van der Waals surface area contributed by atoms with E-state index in [0.29, 0.717) is 26.3 Å². The van der Waals surface area contributed by atoms with Gasteiger partial charge in [-0.25, -0.2) is 9.80 Å². The van der Waals surface area contributed by atoms with Crippen molar-refractivity contribution in [2.75, 3.05) is 40.4 Å². The molecular formula is C7H15N3O2. The number of hydrogen-bond donors (Lipinski definition) is 1. The maximum Gasteiger partial charge on any atom is 0.332 e. The van der Waals surface area contributed by atoms with Gasteiger partial charge < -0.3 is 9.64 Å². The summed E-state index contributed by atoms with van der Waals surface area (Å²) in [6.07, 6.45) is 0. The number of carbonyl (C=O) groups is 1. The largest absolute Gasteiger partial charge is 0.378 e. The predicted octanol–water partition coefficient (Wildman–Crippen LogP) is -0.495. The molecule has 1 saturated heterocycles. The summed E-state index contributed by atoms with van der Waals surface area (Å²) in [6.45, 7) is 2.64. The van der Waals surface area contributed by atoms with Gasteiger partial charge in [-0.1, -0.05) is 0 Å². The molecule has 0 atom stereocenters. The molecule has 0 aromatic heterocycles. The number of ether oxygens (including phenoxy) is 1. The topological polar surface area (TPSA) is 44.8 Å². The first kappa shape index (κ1) is 9.28. The number of rotatable bonds is 1. The lowest BCUT2D eigenvalue weighted by Crippen LogP contribution is -2.49. The number of amides is 2. The first-order valence-corrected chi connectivity index (χ1v) is 4.01. The van der Waals surface area contributed by atoms with Gasteiger partial charge in [-0.3, -0.25) is 5.43 Å². The van der Waals surface area contributed by atoms with Crippen molar-refractivity contribution in [2.24, 2.45) is 0 Å². The second-order valence-electron chi connectivity index (χ2n) is 2.91. The van der Waals surface area contributed by atoms with Gasteiger partial charge in [-0.15, -0.1) is 0 Å². The average Bonchev–Trinajstić information content (AvgIpc) is 2.05. The second-order valence-corrected chi connectivity index (χ2v) is 2.91. The van der Waals surface area contributed by atoms with E-state index in [-0.39, 0.29) is 6.03 Å². The van der Waals surface area contributed by atoms with Crippen LogP contribution in [0.5, 0.6) is 0 Å². The minimum absolute atomic E-state index is 0.0525. The molecule has 5 heteroatoms. The number of morpholine rings is 1. The third kappa shape index (κ3) is 2.67. The highest BCUT2D eigenvalue weighted by molar-refractivity contribution is 5.73. The van der Waals surface area contributed by atoms with Crippen LogP contribution < -0.4 is 5.43 Å². The van der Waals surface area contributed by atoms with Gasteiger partial charge in [-0.05, 0) is 0 Å². The molecule has 0 bridgehead atoms. The second kappa shape index (κ2) is 4.27. The monoisotopic (exact) mass is 173 g/mol. The summed E-state index contributed by atoms with van der Waals surface area (Å²) in [7, 11) is 3.58. The van der Waals surface area contributed by atoms with E-state index in [0.717, 1.165) is 0 Å². The van der Waals surface area contributed by atoms with Crippen LogP contribution >= 0.6 is 0 Å². The Morgan fingerprint density at radius 2 is 2.00 bits per heavy atom. The SMILES string of the molecule is CN(C)NC(=O)N1CCOCC1. The summed E-state index contributed by atoms with van der Waals surface area (Å²) in [5.74, 6) is 0. The smallest absolute Gasteiger partial charge is 0.332 e. The Morgan fingerprint density at radius 3 is 2.50 bits per heavy atom.